The molecule has 0 radical (unpaired) electrons. The minimum Gasteiger partial charge on any atom is -0.289 e. The molecule has 0 heterocycles. The van der Waals surface area contributed by atoms with E-state index in [0.29, 0.717) is 37.9 Å². The Labute approximate surface area is 183 Å². The van der Waals surface area contributed by atoms with E-state index < -0.39 is 0 Å². The molecule has 0 saturated heterocycles. The standard InChI is InChI=1S/C26H14Cl2O2/c27-18-9-5-15(6-10-18)17-13-22(16-7-11-19(28)12-8-16)24-23(14-17)25(29)20-3-1-2-4-21(20)26(24)30/h1-14H. The maximum Gasteiger partial charge on any atom is 0.195 e. The zero-order valence-electron chi connectivity index (χ0n) is 15.7. The Morgan fingerprint density at radius 2 is 0.967 bits per heavy atom. The van der Waals surface area contributed by atoms with E-state index in [1.807, 2.05) is 30.3 Å². The van der Waals surface area contributed by atoms with E-state index in [1.54, 1.807) is 54.6 Å². The van der Waals surface area contributed by atoms with Gasteiger partial charge in [0.05, 0.1) is 0 Å². The van der Waals surface area contributed by atoms with Crippen molar-refractivity contribution in [2.75, 3.05) is 0 Å². The number of hydrogen-bond donors (Lipinski definition) is 0. The Morgan fingerprint density at radius 1 is 0.467 bits per heavy atom. The van der Waals surface area contributed by atoms with E-state index in [4.69, 9.17) is 23.2 Å². The first-order valence-electron chi connectivity index (χ1n) is 9.41. The van der Waals surface area contributed by atoms with E-state index >= 15 is 0 Å². The van der Waals surface area contributed by atoms with Gasteiger partial charge in [-0.1, -0.05) is 71.7 Å². The normalized spacial score (nSPS) is 12.5. The van der Waals surface area contributed by atoms with Gasteiger partial charge >= 0.3 is 0 Å². The second-order valence-electron chi connectivity index (χ2n) is 7.16. The van der Waals surface area contributed by atoms with Gasteiger partial charge in [0, 0.05) is 32.3 Å². The van der Waals surface area contributed by atoms with Crippen molar-refractivity contribution in [2.24, 2.45) is 0 Å². The molecule has 5 rings (SSSR count). The first-order chi connectivity index (χ1) is 14.5. The molecule has 1 aliphatic rings. The van der Waals surface area contributed by atoms with Crippen LogP contribution in [0.4, 0.5) is 0 Å². The van der Waals surface area contributed by atoms with Crippen molar-refractivity contribution >= 4 is 34.8 Å². The maximum absolute atomic E-state index is 13.4. The lowest BCUT2D eigenvalue weighted by Gasteiger charge is -2.22. The van der Waals surface area contributed by atoms with Crippen molar-refractivity contribution in [2.45, 2.75) is 0 Å². The third-order valence-corrected chi connectivity index (χ3v) is 5.86. The highest BCUT2D eigenvalue weighted by molar-refractivity contribution is 6.32. The molecular formula is C26H14Cl2O2. The predicted octanol–water partition coefficient (Wildman–Crippen LogP) is 7.10. The molecule has 0 saturated carbocycles. The summed E-state index contributed by atoms with van der Waals surface area (Å²) in [6, 6.07) is 25.4. The van der Waals surface area contributed by atoms with Crippen LogP contribution in [0.15, 0.2) is 84.9 Å². The number of carbonyl (C=O) groups excluding carboxylic acids is 2. The van der Waals surface area contributed by atoms with Crippen LogP contribution in [0.5, 0.6) is 0 Å². The molecule has 4 aromatic carbocycles. The van der Waals surface area contributed by atoms with E-state index in [9.17, 15) is 9.59 Å². The Kier molecular flexibility index (Phi) is 4.54. The minimum absolute atomic E-state index is 0.146. The fraction of sp³-hybridized carbons (Fsp3) is 0. The maximum atomic E-state index is 13.4. The largest absolute Gasteiger partial charge is 0.289 e. The molecule has 0 unspecified atom stereocenters. The highest BCUT2D eigenvalue weighted by atomic mass is 35.5. The van der Waals surface area contributed by atoms with Crippen molar-refractivity contribution in [1.29, 1.82) is 0 Å². The third-order valence-electron chi connectivity index (χ3n) is 5.36. The topological polar surface area (TPSA) is 34.1 Å². The van der Waals surface area contributed by atoms with Gasteiger partial charge in [-0.2, -0.15) is 0 Å². The van der Waals surface area contributed by atoms with Gasteiger partial charge in [0.2, 0.25) is 0 Å². The lowest BCUT2D eigenvalue weighted by Crippen LogP contribution is -2.22. The number of carbonyl (C=O) groups is 2. The molecule has 4 heteroatoms. The van der Waals surface area contributed by atoms with Gasteiger partial charge in [0.25, 0.3) is 0 Å². The number of hydrogen-bond acceptors (Lipinski definition) is 2. The smallest absolute Gasteiger partial charge is 0.195 e. The van der Waals surface area contributed by atoms with E-state index in [1.165, 1.54) is 0 Å². The molecule has 144 valence electrons. The minimum atomic E-state index is -0.147. The fourth-order valence-electron chi connectivity index (χ4n) is 3.89. The summed E-state index contributed by atoms with van der Waals surface area (Å²) in [6.45, 7) is 0. The molecule has 0 bridgehead atoms. The zero-order valence-corrected chi connectivity index (χ0v) is 17.2. The van der Waals surface area contributed by atoms with Crippen molar-refractivity contribution < 1.29 is 9.59 Å². The molecule has 2 nitrogen and oxygen atoms in total. The second kappa shape index (κ2) is 7.24. The monoisotopic (exact) mass is 428 g/mol. The summed E-state index contributed by atoms with van der Waals surface area (Å²) in [7, 11) is 0. The first-order valence-corrected chi connectivity index (χ1v) is 10.2. The number of halogens is 2. The number of benzene rings is 4. The highest BCUT2D eigenvalue weighted by Gasteiger charge is 2.32. The van der Waals surface area contributed by atoms with Crippen LogP contribution in [0.3, 0.4) is 0 Å². The summed E-state index contributed by atoms with van der Waals surface area (Å²) in [4.78, 5) is 26.7. The van der Waals surface area contributed by atoms with Gasteiger partial charge in [0.15, 0.2) is 11.6 Å². The van der Waals surface area contributed by atoms with Crippen LogP contribution in [-0.4, -0.2) is 11.6 Å². The Bertz CT molecular complexity index is 1320. The van der Waals surface area contributed by atoms with Crippen LogP contribution >= 0.6 is 23.2 Å². The summed E-state index contributed by atoms with van der Waals surface area (Å²) in [6.07, 6.45) is 0. The van der Waals surface area contributed by atoms with Crippen LogP contribution < -0.4 is 0 Å². The lowest BCUT2D eigenvalue weighted by atomic mass is 9.79. The zero-order chi connectivity index (χ0) is 20.8. The SMILES string of the molecule is O=C1c2ccccc2C(=O)c2c1cc(-c1ccc(Cl)cc1)cc2-c1ccc(Cl)cc1. The quantitative estimate of drug-likeness (QED) is 0.300. The van der Waals surface area contributed by atoms with Gasteiger partial charge in [-0.3, -0.25) is 9.59 Å². The van der Waals surface area contributed by atoms with E-state index in [-0.39, 0.29) is 11.6 Å². The molecule has 1 aliphatic carbocycles. The second-order valence-corrected chi connectivity index (χ2v) is 8.04. The fourth-order valence-corrected chi connectivity index (χ4v) is 4.14. The summed E-state index contributed by atoms with van der Waals surface area (Å²) >= 11 is 12.1. The third kappa shape index (κ3) is 3.06. The molecule has 0 aromatic heterocycles. The van der Waals surface area contributed by atoms with Crippen LogP contribution in [0, 0.1) is 0 Å². The van der Waals surface area contributed by atoms with Gasteiger partial charge in [-0.25, -0.2) is 0 Å². The van der Waals surface area contributed by atoms with Crippen molar-refractivity contribution in [3.8, 4) is 22.3 Å². The van der Waals surface area contributed by atoms with Gasteiger partial charge < -0.3 is 0 Å². The van der Waals surface area contributed by atoms with Crippen LogP contribution in [-0.2, 0) is 0 Å². The lowest BCUT2D eigenvalue weighted by molar-refractivity contribution is 0.0979. The van der Waals surface area contributed by atoms with E-state index in [2.05, 4.69) is 0 Å². The molecule has 0 spiro atoms. The van der Waals surface area contributed by atoms with E-state index in [0.717, 1.165) is 16.7 Å². The molecule has 0 amide bonds. The van der Waals surface area contributed by atoms with Crippen LogP contribution in [0.2, 0.25) is 10.0 Å². The van der Waals surface area contributed by atoms with Crippen molar-refractivity contribution in [1.82, 2.24) is 0 Å². The molecule has 0 aliphatic heterocycles. The Morgan fingerprint density at radius 3 is 1.57 bits per heavy atom. The van der Waals surface area contributed by atoms with Crippen LogP contribution in [0.1, 0.15) is 31.8 Å². The number of ketones is 2. The Balaban J connectivity index is 1.81. The summed E-state index contributed by atoms with van der Waals surface area (Å²) in [5, 5.41) is 1.24. The molecule has 0 fully saturated rings. The predicted molar refractivity (Wildman–Crippen MR) is 121 cm³/mol. The van der Waals surface area contributed by atoms with Gasteiger partial charge in [-0.05, 0) is 58.7 Å². The summed E-state index contributed by atoms with van der Waals surface area (Å²) in [5.41, 5.74) is 5.01. The highest BCUT2D eigenvalue weighted by Crippen LogP contribution is 2.38. The molecule has 0 N–H and O–H groups in total. The average Bonchev–Trinajstić information content (AvgIpc) is 2.78. The summed E-state index contributed by atoms with van der Waals surface area (Å²) < 4.78 is 0. The van der Waals surface area contributed by atoms with Gasteiger partial charge in [-0.15, -0.1) is 0 Å². The average molecular weight is 429 g/mol. The number of rotatable bonds is 2. The van der Waals surface area contributed by atoms with Crippen molar-refractivity contribution in [3.05, 3.63) is 117 Å². The molecule has 30 heavy (non-hydrogen) atoms. The summed E-state index contributed by atoms with van der Waals surface area (Å²) in [5.74, 6) is -0.293. The Hall–Kier alpha value is -3.20. The van der Waals surface area contributed by atoms with Crippen LogP contribution in [0.25, 0.3) is 22.3 Å². The van der Waals surface area contributed by atoms with Crippen molar-refractivity contribution in [3.63, 3.8) is 0 Å². The molecular weight excluding hydrogens is 415 g/mol. The first kappa shape index (κ1) is 18.8. The number of fused-ring (bicyclic) bond motifs is 2. The molecule has 0 atom stereocenters. The molecule has 4 aromatic rings. The van der Waals surface area contributed by atoms with Gasteiger partial charge in [0.1, 0.15) is 0 Å².